The Hall–Kier alpha value is -4.36. The molecule has 2 N–H and O–H groups in total. The lowest BCUT2D eigenvalue weighted by molar-refractivity contribution is -0.385. The molecule has 0 saturated carbocycles. The quantitative estimate of drug-likeness (QED) is 0.271. The fourth-order valence-corrected chi connectivity index (χ4v) is 5.17. The van der Waals surface area contributed by atoms with E-state index in [0.717, 1.165) is 44.0 Å². The van der Waals surface area contributed by atoms with Crippen molar-refractivity contribution >= 4 is 40.0 Å². The first-order valence-electron chi connectivity index (χ1n) is 13.9. The number of nitro groups is 1. The number of anilines is 5. The molecule has 13 heteroatoms. The van der Waals surface area contributed by atoms with Crippen molar-refractivity contribution < 1.29 is 27.6 Å². The van der Waals surface area contributed by atoms with E-state index in [2.05, 4.69) is 20.4 Å². The summed E-state index contributed by atoms with van der Waals surface area (Å²) in [5, 5.41) is 17.6. The lowest BCUT2D eigenvalue weighted by atomic mass is 10.1. The second-order valence-corrected chi connectivity index (χ2v) is 10.7. The molecule has 1 amide bonds. The summed E-state index contributed by atoms with van der Waals surface area (Å²) in [6.45, 7) is 6.68. The predicted octanol–water partition coefficient (Wildman–Crippen LogP) is 5.51. The van der Waals surface area contributed by atoms with Gasteiger partial charge in [0, 0.05) is 73.8 Å². The summed E-state index contributed by atoms with van der Waals surface area (Å²) in [7, 11) is 2.02. The third kappa shape index (κ3) is 7.17. The van der Waals surface area contributed by atoms with E-state index in [4.69, 9.17) is 4.74 Å². The number of nitro benzene ring substituents is 1. The van der Waals surface area contributed by atoms with Gasteiger partial charge in [-0.05, 0) is 62.0 Å². The third-order valence-electron chi connectivity index (χ3n) is 7.69. The predicted molar refractivity (Wildman–Crippen MR) is 160 cm³/mol. The zero-order valence-corrected chi connectivity index (χ0v) is 23.9. The van der Waals surface area contributed by atoms with Crippen LogP contribution in [-0.2, 0) is 10.9 Å². The van der Waals surface area contributed by atoms with Crippen LogP contribution < -0.4 is 20.4 Å². The van der Waals surface area contributed by atoms with Crippen molar-refractivity contribution in [1.29, 1.82) is 0 Å². The third-order valence-corrected chi connectivity index (χ3v) is 7.69. The summed E-state index contributed by atoms with van der Waals surface area (Å²) < 4.78 is 46.6. The number of carbonyl (C=O) groups excluding carboxylic acids is 1. The number of rotatable bonds is 7. The Morgan fingerprint density at radius 1 is 0.884 bits per heavy atom. The van der Waals surface area contributed by atoms with Gasteiger partial charge in [-0.1, -0.05) is 6.07 Å². The maximum atomic E-state index is 13.8. The molecule has 0 aliphatic carbocycles. The van der Waals surface area contributed by atoms with Crippen molar-refractivity contribution in [2.24, 2.45) is 0 Å². The highest BCUT2D eigenvalue weighted by molar-refractivity contribution is 6.08. The van der Waals surface area contributed by atoms with Gasteiger partial charge in [0.15, 0.2) is 0 Å². The molecule has 0 spiro atoms. The summed E-state index contributed by atoms with van der Waals surface area (Å²) >= 11 is 0. The molecule has 43 heavy (non-hydrogen) atoms. The minimum Gasteiger partial charge on any atom is -0.378 e. The Bertz CT molecular complexity index is 1500. The second-order valence-electron chi connectivity index (χ2n) is 10.7. The highest BCUT2D eigenvalue weighted by atomic mass is 19.4. The second kappa shape index (κ2) is 12.5. The van der Waals surface area contributed by atoms with Crippen LogP contribution in [-0.4, -0.2) is 75.3 Å². The molecule has 228 valence electrons. The van der Waals surface area contributed by atoms with Gasteiger partial charge in [-0.2, -0.15) is 13.2 Å². The van der Waals surface area contributed by atoms with Crippen LogP contribution in [0.4, 0.5) is 47.3 Å². The van der Waals surface area contributed by atoms with Gasteiger partial charge in [0.05, 0.1) is 23.7 Å². The molecular weight excluding hydrogens is 565 g/mol. The molecule has 2 saturated heterocycles. The monoisotopic (exact) mass is 598 g/mol. The Kier molecular flexibility index (Phi) is 8.74. The van der Waals surface area contributed by atoms with Crippen LogP contribution >= 0.6 is 0 Å². The molecule has 2 heterocycles. The zero-order valence-electron chi connectivity index (χ0n) is 23.9. The van der Waals surface area contributed by atoms with E-state index >= 15 is 0 Å². The van der Waals surface area contributed by atoms with E-state index in [1.54, 1.807) is 37.3 Å². The molecule has 2 aliphatic rings. The number of hydrogen-bond donors (Lipinski definition) is 2. The number of likely N-dealkylation sites (N-methyl/N-ethyl adjacent to an activating group) is 1. The molecule has 0 radical (unpaired) electrons. The first-order chi connectivity index (χ1) is 20.5. The van der Waals surface area contributed by atoms with Crippen LogP contribution in [0.3, 0.4) is 0 Å². The van der Waals surface area contributed by atoms with Crippen molar-refractivity contribution in [2.75, 3.05) is 80.0 Å². The molecule has 0 atom stereocenters. The normalized spacial score (nSPS) is 16.2. The fraction of sp³-hybridized carbons (Fsp3) is 0.367. The molecule has 3 aromatic rings. The van der Waals surface area contributed by atoms with Gasteiger partial charge in [-0.25, -0.2) is 0 Å². The average Bonchev–Trinajstić information content (AvgIpc) is 2.98. The van der Waals surface area contributed by atoms with Crippen molar-refractivity contribution in [3.05, 3.63) is 81.4 Å². The lowest BCUT2D eigenvalue weighted by Crippen LogP contribution is -2.44. The Balaban J connectivity index is 1.40. The van der Waals surface area contributed by atoms with E-state index in [0.29, 0.717) is 48.9 Å². The number of morpholine rings is 1. The maximum absolute atomic E-state index is 13.8. The molecular formula is C30H33F3N6O4. The maximum Gasteiger partial charge on any atom is 0.416 e. The van der Waals surface area contributed by atoms with Gasteiger partial charge in [0.25, 0.3) is 11.6 Å². The number of ether oxygens (including phenoxy) is 1. The highest BCUT2D eigenvalue weighted by Gasteiger charge is 2.32. The van der Waals surface area contributed by atoms with E-state index in [-0.39, 0.29) is 16.9 Å². The van der Waals surface area contributed by atoms with Crippen LogP contribution in [0.25, 0.3) is 0 Å². The Morgan fingerprint density at radius 2 is 1.58 bits per heavy atom. The topological polar surface area (TPSA) is 103 Å². The minimum absolute atomic E-state index is 0.0766. The number of piperazine rings is 1. The number of halogens is 3. The Labute approximate surface area is 247 Å². The van der Waals surface area contributed by atoms with E-state index in [1.165, 1.54) is 12.1 Å². The number of alkyl halides is 3. The van der Waals surface area contributed by atoms with Crippen molar-refractivity contribution in [2.45, 2.75) is 13.1 Å². The largest absolute Gasteiger partial charge is 0.416 e. The van der Waals surface area contributed by atoms with Crippen LogP contribution in [0.1, 0.15) is 21.5 Å². The van der Waals surface area contributed by atoms with Crippen LogP contribution in [0.5, 0.6) is 0 Å². The fourth-order valence-electron chi connectivity index (χ4n) is 5.17. The lowest BCUT2D eigenvalue weighted by Gasteiger charge is -2.34. The van der Waals surface area contributed by atoms with Gasteiger partial charge in [-0.15, -0.1) is 0 Å². The van der Waals surface area contributed by atoms with Crippen molar-refractivity contribution in [3.8, 4) is 0 Å². The van der Waals surface area contributed by atoms with Gasteiger partial charge in [0.2, 0.25) is 0 Å². The molecule has 2 fully saturated rings. The number of amides is 1. The summed E-state index contributed by atoms with van der Waals surface area (Å²) in [6, 6.07) is 13.3. The molecule has 2 aliphatic heterocycles. The van der Waals surface area contributed by atoms with E-state index in [1.807, 2.05) is 11.9 Å². The smallest absolute Gasteiger partial charge is 0.378 e. The number of aryl methyl sites for hydroxylation is 1. The van der Waals surface area contributed by atoms with Crippen molar-refractivity contribution in [3.63, 3.8) is 0 Å². The summed E-state index contributed by atoms with van der Waals surface area (Å²) in [6.07, 6.45) is -4.54. The molecule has 3 aromatic carbocycles. The van der Waals surface area contributed by atoms with E-state index < -0.39 is 22.6 Å². The number of nitrogens with zero attached hydrogens (tertiary/aromatic N) is 4. The molecule has 0 bridgehead atoms. The first-order valence-corrected chi connectivity index (χ1v) is 13.9. The molecule has 0 aromatic heterocycles. The number of benzene rings is 3. The summed E-state index contributed by atoms with van der Waals surface area (Å²) in [5.74, 6) is -0.656. The van der Waals surface area contributed by atoms with Crippen LogP contribution in [0.2, 0.25) is 0 Å². The Morgan fingerprint density at radius 3 is 2.26 bits per heavy atom. The number of hydrogen-bond acceptors (Lipinski definition) is 8. The summed E-state index contributed by atoms with van der Waals surface area (Å²) in [5.41, 5.74) is 1.68. The van der Waals surface area contributed by atoms with E-state index in [9.17, 15) is 28.1 Å². The van der Waals surface area contributed by atoms with Gasteiger partial charge < -0.3 is 30.1 Å². The standard InChI is InChI=1S/C30H33F3N6O4/c1-20-3-4-22(34-23-15-21(30(31,32)33)16-25(17-23)38-11-13-43-14-12-38)18-27(20)35-29(40)26-19-24(5-6-28(26)39(41)42)37-9-7-36(2)8-10-37/h3-6,15-19,34H,7-14H2,1-2H3,(H,35,40). The highest BCUT2D eigenvalue weighted by Crippen LogP contribution is 2.36. The molecule has 0 unspecified atom stereocenters. The molecule has 5 rings (SSSR count). The first kappa shape index (κ1) is 30.1. The SMILES string of the molecule is Cc1ccc(Nc2cc(N3CCOCC3)cc(C(F)(F)F)c2)cc1NC(=O)c1cc(N2CCN(C)CC2)ccc1[N+](=O)[O-]. The average molecular weight is 599 g/mol. The van der Waals surface area contributed by atoms with Crippen molar-refractivity contribution in [1.82, 2.24) is 4.90 Å². The number of carbonyl (C=O) groups is 1. The van der Waals surface area contributed by atoms with Gasteiger partial charge in [0.1, 0.15) is 5.56 Å². The van der Waals surface area contributed by atoms with Crippen LogP contribution in [0, 0.1) is 17.0 Å². The van der Waals surface area contributed by atoms with Crippen LogP contribution in [0.15, 0.2) is 54.6 Å². The number of nitrogens with one attached hydrogen (secondary N) is 2. The summed E-state index contributed by atoms with van der Waals surface area (Å²) in [4.78, 5) is 30.7. The van der Waals surface area contributed by atoms with Gasteiger partial charge >= 0.3 is 6.18 Å². The van der Waals surface area contributed by atoms with Gasteiger partial charge in [-0.3, -0.25) is 14.9 Å². The zero-order chi connectivity index (χ0) is 30.7. The minimum atomic E-state index is -4.54. The molecule has 10 nitrogen and oxygen atoms in total.